The van der Waals surface area contributed by atoms with Crippen molar-refractivity contribution in [3.63, 3.8) is 0 Å². The molecule has 6 heteroatoms. The molecule has 3 rings (SSSR count). The van der Waals surface area contributed by atoms with Crippen molar-refractivity contribution in [2.45, 2.75) is 19.1 Å². The van der Waals surface area contributed by atoms with Crippen molar-refractivity contribution < 1.29 is 9.47 Å². The highest BCUT2D eigenvalue weighted by atomic mass is 35.5. The molecule has 28 heavy (non-hydrogen) atoms. The van der Waals surface area contributed by atoms with Crippen LogP contribution in [0.15, 0.2) is 61.2 Å². The Labute approximate surface area is 180 Å². The number of hydrogen-bond donors (Lipinski definition) is 1. The molecular weight excluding hydrogens is 395 g/mol. The van der Waals surface area contributed by atoms with Crippen molar-refractivity contribution in [3.05, 3.63) is 72.3 Å². The summed E-state index contributed by atoms with van der Waals surface area (Å²) in [6, 6.07) is 16.8. The molecular formula is C22H30Cl2N2O2. The lowest BCUT2D eigenvalue weighted by Gasteiger charge is -2.35. The van der Waals surface area contributed by atoms with Gasteiger partial charge >= 0.3 is 0 Å². The average molecular weight is 425 g/mol. The molecule has 1 N–H and O–H groups in total. The standard InChI is InChI=1S/C22H28N2O2.2ClH/c1-3-7-20(24-14-12-23-13-15-24)19-10-11-21(22(16-19)25-2)26-17-18-8-5-4-6-9-18;;/h3-6,8-11,16,20,23H,1,7,12-15,17H2,2H3;2*1H/t20-;;/m0../s1. The van der Waals surface area contributed by atoms with Crippen molar-refractivity contribution in [3.8, 4) is 11.5 Å². The summed E-state index contributed by atoms with van der Waals surface area (Å²) in [6.45, 7) is 8.64. The van der Waals surface area contributed by atoms with E-state index >= 15 is 0 Å². The molecule has 2 aromatic rings. The topological polar surface area (TPSA) is 33.7 Å². The second-order valence-corrected chi connectivity index (χ2v) is 6.51. The van der Waals surface area contributed by atoms with Crippen molar-refractivity contribution >= 4 is 24.8 Å². The first-order chi connectivity index (χ1) is 12.8. The van der Waals surface area contributed by atoms with Gasteiger partial charge in [-0.15, -0.1) is 31.4 Å². The van der Waals surface area contributed by atoms with Crippen molar-refractivity contribution in [2.24, 2.45) is 0 Å². The molecule has 0 radical (unpaired) electrons. The van der Waals surface area contributed by atoms with Gasteiger partial charge < -0.3 is 14.8 Å². The van der Waals surface area contributed by atoms with Crippen LogP contribution in [0.1, 0.15) is 23.6 Å². The molecule has 0 amide bonds. The SMILES string of the molecule is C=CC[C@@H](c1ccc(OCc2ccccc2)c(OC)c1)N1CCNCC1.Cl.Cl. The van der Waals surface area contributed by atoms with Gasteiger partial charge in [-0.3, -0.25) is 4.90 Å². The van der Waals surface area contributed by atoms with Crippen LogP contribution in [0, 0.1) is 0 Å². The fraction of sp³-hybridized carbons (Fsp3) is 0.364. The van der Waals surface area contributed by atoms with Gasteiger partial charge in [0.15, 0.2) is 11.5 Å². The Hall–Kier alpha value is -1.72. The van der Waals surface area contributed by atoms with Crippen LogP contribution in [0.25, 0.3) is 0 Å². The fourth-order valence-corrected chi connectivity index (χ4v) is 3.39. The zero-order valence-electron chi connectivity index (χ0n) is 16.3. The monoisotopic (exact) mass is 424 g/mol. The molecule has 2 aromatic carbocycles. The third-order valence-corrected chi connectivity index (χ3v) is 4.79. The highest BCUT2D eigenvalue weighted by Gasteiger charge is 2.22. The Morgan fingerprint density at radius 2 is 1.79 bits per heavy atom. The maximum atomic E-state index is 5.99. The number of rotatable bonds is 8. The second kappa shape index (κ2) is 12.7. The molecule has 0 bridgehead atoms. The molecule has 0 aliphatic carbocycles. The smallest absolute Gasteiger partial charge is 0.161 e. The summed E-state index contributed by atoms with van der Waals surface area (Å²) in [6.07, 6.45) is 2.92. The Morgan fingerprint density at radius 3 is 2.43 bits per heavy atom. The van der Waals surface area contributed by atoms with Gasteiger partial charge in [0, 0.05) is 32.2 Å². The van der Waals surface area contributed by atoms with E-state index in [4.69, 9.17) is 9.47 Å². The van der Waals surface area contributed by atoms with Crippen LogP contribution in [0.2, 0.25) is 0 Å². The quantitative estimate of drug-likeness (QED) is 0.625. The minimum atomic E-state index is 0. The third kappa shape index (κ3) is 6.42. The largest absolute Gasteiger partial charge is 0.493 e. The van der Waals surface area contributed by atoms with Gasteiger partial charge in [0.2, 0.25) is 0 Å². The number of piperazine rings is 1. The summed E-state index contributed by atoms with van der Waals surface area (Å²) in [4.78, 5) is 2.51. The minimum absolute atomic E-state index is 0. The first-order valence-electron chi connectivity index (χ1n) is 9.22. The Balaban J connectivity index is 0.00000196. The number of nitrogens with one attached hydrogen (secondary N) is 1. The maximum absolute atomic E-state index is 5.99. The lowest BCUT2D eigenvalue weighted by Crippen LogP contribution is -2.45. The van der Waals surface area contributed by atoms with Crippen molar-refractivity contribution in [1.82, 2.24) is 10.2 Å². The third-order valence-electron chi connectivity index (χ3n) is 4.79. The average Bonchev–Trinajstić information content (AvgIpc) is 2.72. The van der Waals surface area contributed by atoms with Crippen molar-refractivity contribution in [1.29, 1.82) is 0 Å². The van der Waals surface area contributed by atoms with Crippen LogP contribution >= 0.6 is 24.8 Å². The number of halogens is 2. The van der Waals surface area contributed by atoms with E-state index in [2.05, 4.69) is 41.1 Å². The van der Waals surface area contributed by atoms with Crippen molar-refractivity contribution in [2.75, 3.05) is 33.3 Å². The van der Waals surface area contributed by atoms with Gasteiger partial charge in [0.25, 0.3) is 0 Å². The fourth-order valence-electron chi connectivity index (χ4n) is 3.39. The first-order valence-corrected chi connectivity index (χ1v) is 9.22. The molecule has 154 valence electrons. The number of methoxy groups -OCH3 is 1. The summed E-state index contributed by atoms with van der Waals surface area (Å²) in [7, 11) is 1.70. The number of hydrogen-bond acceptors (Lipinski definition) is 4. The van der Waals surface area contributed by atoms with Gasteiger partial charge in [-0.2, -0.15) is 0 Å². The molecule has 1 heterocycles. The van der Waals surface area contributed by atoms with E-state index < -0.39 is 0 Å². The van der Waals surface area contributed by atoms with Gasteiger partial charge in [-0.1, -0.05) is 42.5 Å². The molecule has 4 nitrogen and oxygen atoms in total. The Bertz CT molecular complexity index is 707. The Morgan fingerprint density at radius 1 is 1.07 bits per heavy atom. The Kier molecular flexibility index (Phi) is 11.0. The van der Waals surface area contributed by atoms with E-state index in [9.17, 15) is 0 Å². The summed E-state index contributed by atoms with van der Waals surface area (Å²) < 4.78 is 11.6. The zero-order chi connectivity index (χ0) is 18.2. The van der Waals surface area contributed by atoms with Gasteiger partial charge in [0.05, 0.1) is 7.11 Å². The minimum Gasteiger partial charge on any atom is -0.493 e. The van der Waals surface area contributed by atoms with E-state index in [0.29, 0.717) is 12.6 Å². The van der Waals surface area contributed by atoms with Gasteiger partial charge in [-0.25, -0.2) is 0 Å². The van der Waals surface area contributed by atoms with E-state index in [1.165, 1.54) is 5.56 Å². The molecule has 0 spiro atoms. The van der Waals surface area contributed by atoms with Crippen LogP contribution in [0.3, 0.4) is 0 Å². The van der Waals surface area contributed by atoms with E-state index in [0.717, 1.165) is 49.7 Å². The maximum Gasteiger partial charge on any atom is 0.161 e. The summed E-state index contributed by atoms with van der Waals surface area (Å²) in [5.74, 6) is 1.56. The number of benzene rings is 2. The van der Waals surface area contributed by atoms with E-state index in [1.54, 1.807) is 7.11 Å². The normalized spacial score (nSPS) is 14.9. The summed E-state index contributed by atoms with van der Waals surface area (Å²) in [5.41, 5.74) is 2.39. The predicted molar refractivity (Wildman–Crippen MR) is 120 cm³/mol. The van der Waals surface area contributed by atoms with Gasteiger partial charge in [0.1, 0.15) is 6.61 Å². The molecule has 1 fully saturated rings. The lowest BCUT2D eigenvalue weighted by molar-refractivity contribution is 0.174. The van der Waals surface area contributed by atoms with Crippen LogP contribution in [0.4, 0.5) is 0 Å². The number of ether oxygens (including phenoxy) is 2. The van der Waals surface area contributed by atoms with Crippen LogP contribution < -0.4 is 14.8 Å². The van der Waals surface area contributed by atoms with E-state index in [1.807, 2.05) is 30.3 Å². The summed E-state index contributed by atoms with van der Waals surface area (Å²) >= 11 is 0. The van der Waals surface area contributed by atoms with Crippen LogP contribution in [-0.4, -0.2) is 38.2 Å². The highest BCUT2D eigenvalue weighted by molar-refractivity contribution is 5.85. The van der Waals surface area contributed by atoms with E-state index in [-0.39, 0.29) is 24.8 Å². The predicted octanol–water partition coefficient (Wildman–Crippen LogP) is 4.64. The van der Waals surface area contributed by atoms with Crippen LogP contribution in [0.5, 0.6) is 11.5 Å². The number of nitrogens with zero attached hydrogens (tertiary/aromatic N) is 1. The molecule has 0 aromatic heterocycles. The molecule has 1 aliphatic heterocycles. The second-order valence-electron chi connectivity index (χ2n) is 6.51. The summed E-state index contributed by atoms with van der Waals surface area (Å²) in [5, 5.41) is 3.41. The van der Waals surface area contributed by atoms with Crippen LogP contribution in [-0.2, 0) is 6.61 Å². The zero-order valence-corrected chi connectivity index (χ0v) is 17.9. The molecule has 1 atom stereocenters. The molecule has 0 unspecified atom stereocenters. The first kappa shape index (κ1) is 24.3. The molecule has 0 saturated carbocycles. The highest BCUT2D eigenvalue weighted by Crippen LogP contribution is 2.34. The lowest BCUT2D eigenvalue weighted by atomic mass is 10.0. The molecule has 1 saturated heterocycles. The van der Waals surface area contributed by atoms with Gasteiger partial charge in [-0.05, 0) is 29.7 Å². The molecule has 1 aliphatic rings.